The van der Waals surface area contributed by atoms with Gasteiger partial charge in [0, 0.05) is 17.3 Å². The van der Waals surface area contributed by atoms with Gasteiger partial charge in [-0.15, -0.1) is 0 Å². The van der Waals surface area contributed by atoms with Crippen LogP contribution in [0.1, 0.15) is 31.1 Å². The second-order valence-corrected chi connectivity index (χ2v) is 4.13. The number of rotatable bonds is 3. The molecule has 0 fully saturated rings. The maximum Gasteiger partial charge on any atom is 0.251 e. The van der Waals surface area contributed by atoms with Crippen molar-refractivity contribution in [1.82, 2.24) is 5.32 Å². The summed E-state index contributed by atoms with van der Waals surface area (Å²) in [5.41, 5.74) is 6.83. The van der Waals surface area contributed by atoms with Crippen LogP contribution in [-0.2, 0) is 0 Å². The third kappa shape index (κ3) is 3.27. The zero-order valence-electron chi connectivity index (χ0n) is 9.45. The molecule has 0 saturated heterocycles. The van der Waals surface area contributed by atoms with E-state index in [-0.39, 0.29) is 11.9 Å². The first-order chi connectivity index (χ1) is 7.00. The standard InChI is InChI=1S/C12H18N2O/c1-8(2)9(3)14-12(15)10-5-4-6-11(13)7-10/h4-9H,13H2,1-3H3,(H,14,15). The Bertz CT molecular complexity index is 347. The highest BCUT2D eigenvalue weighted by atomic mass is 16.1. The number of carbonyl (C=O) groups excluding carboxylic acids is 1. The summed E-state index contributed by atoms with van der Waals surface area (Å²) in [6, 6.07) is 7.16. The second kappa shape index (κ2) is 4.82. The smallest absolute Gasteiger partial charge is 0.251 e. The van der Waals surface area contributed by atoms with Gasteiger partial charge in [0.25, 0.3) is 5.91 Å². The molecule has 82 valence electrons. The Hall–Kier alpha value is -1.51. The van der Waals surface area contributed by atoms with E-state index in [1.165, 1.54) is 0 Å². The molecular weight excluding hydrogens is 188 g/mol. The van der Waals surface area contributed by atoms with E-state index in [1.54, 1.807) is 24.3 Å². The summed E-state index contributed by atoms with van der Waals surface area (Å²) in [5, 5.41) is 2.93. The number of anilines is 1. The Morgan fingerprint density at radius 3 is 2.53 bits per heavy atom. The fraction of sp³-hybridized carbons (Fsp3) is 0.417. The van der Waals surface area contributed by atoms with Gasteiger partial charge in [-0.25, -0.2) is 0 Å². The zero-order valence-corrected chi connectivity index (χ0v) is 9.45. The fourth-order valence-electron chi connectivity index (χ4n) is 1.14. The lowest BCUT2D eigenvalue weighted by Gasteiger charge is -2.17. The topological polar surface area (TPSA) is 55.1 Å². The van der Waals surface area contributed by atoms with E-state index >= 15 is 0 Å². The van der Waals surface area contributed by atoms with E-state index in [9.17, 15) is 4.79 Å². The van der Waals surface area contributed by atoms with Crippen LogP contribution in [0.5, 0.6) is 0 Å². The fourth-order valence-corrected chi connectivity index (χ4v) is 1.14. The Morgan fingerprint density at radius 2 is 2.00 bits per heavy atom. The van der Waals surface area contributed by atoms with Gasteiger partial charge in [-0.3, -0.25) is 4.79 Å². The quantitative estimate of drug-likeness (QED) is 0.744. The Morgan fingerprint density at radius 1 is 1.33 bits per heavy atom. The highest BCUT2D eigenvalue weighted by Crippen LogP contribution is 2.08. The van der Waals surface area contributed by atoms with Crippen LogP contribution in [-0.4, -0.2) is 11.9 Å². The second-order valence-electron chi connectivity index (χ2n) is 4.13. The zero-order chi connectivity index (χ0) is 11.4. The van der Waals surface area contributed by atoms with Crippen molar-refractivity contribution in [2.75, 3.05) is 5.73 Å². The minimum absolute atomic E-state index is 0.0662. The molecule has 1 unspecified atom stereocenters. The van der Waals surface area contributed by atoms with E-state index in [0.717, 1.165) is 0 Å². The molecule has 3 N–H and O–H groups in total. The van der Waals surface area contributed by atoms with Crippen molar-refractivity contribution in [3.63, 3.8) is 0 Å². The predicted molar refractivity (Wildman–Crippen MR) is 62.6 cm³/mol. The SMILES string of the molecule is CC(C)C(C)NC(=O)c1cccc(N)c1. The van der Waals surface area contributed by atoms with Crippen LogP contribution in [0.2, 0.25) is 0 Å². The minimum atomic E-state index is -0.0662. The third-order valence-electron chi connectivity index (χ3n) is 2.51. The van der Waals surface area contributed by atoms with Gasteiger partial charge in [0.2, 0.25) is 0 Å². The van der Waals surface area contributed by atoms with Gasteiger partial charge in [-0.2, -0.15) is 0 Å². The lowest BCUT2D eigenvalue weighted by Crippen LogP contribution is -2.36. The van der Waals surface area contributed by atoms with Crippen LogP contribution in [0.15, 0.2) is 24.3 Å². The van der Waals surface area contributed by atoms with Gasteiger partial charge in [0.1, 0.15) is 0 Å². The number of benzene rings is 1. The van der Waals surface area contributed by atoms with Crippen molar-refractivity contribution in [3.8, 4) is 0 Å². The lowest BCUT2D eigenvalue weighted by molar-refractivity contribution is 0.0930. The molecule has 15 heavy (non-hydrogen) atoms. The number of carbonyl (C=O) groups is 1. The highest BCUT2D eigenvalue weighted by Gasteiger charge is 2.12. The molecule has 0 aliphatic carbocycles. The van der Waals surface area contributed by atoms with Crippen molar-refractivity contribution in [2.45, 2.75) is 26.8 Å². The van der Waals surface area contributed by atoms with E-state index in [0.29, 0.717) is 17.2 Å². The van der Waals surface area contributed by atoms with E-state index in [4.69, 9.17) is 5.73 Å². The first-order valence-corrected chi connectivity index (χ1v) is 5.17. The van der Waals surface area contributed by atoms with Crippen molar-refractivity contribution in [1.29, 1.82) is 0 Å². The summed E-state index contributed by atoms with van der Waals surface area (Å²) >= 11 is 0. The number of nitrogen functional groups attached to an aromatic ring is 1. The van der Waals surface area contributed by atoms with E-state index in [1.807, 2.05) is 6.92 Å². The molecule has 1 aromatic rings. The van der Waals surface area contributed by atoms with Crippen molar-refractivity contribution < 1.29 is 4.79 Å². The first kappa shape index (κ1) is 11.6. The normalized spacial score (nSPS) is 12.5. The number of nitrogens with two attached hydrogens (primary N) is 1. The van der Waals surface area contributed by atoms with Crippen LogP contribution in [0.4, 0.5) is 5.69 Å². The van der Waals surface area contributed by atoms with Gasteiger partial charge in [0.15, 0.2) is 0 Å². The molecule has 0 spiro atoms. The molecule has 1 rings (SSSR count). The van der Waals surface area contributed by atoms with Gasteiger partial charge < -0.3 is 11.1 Å². The molecule has 3 nitrogen and oxygen atoms in total. The van der Waals surface area contributed by atoms with E-state index < -0.39 is 0 Å². The molecule has 0 aliphatic heterocycles. The monoisotopic (exact) mass is 206 g/mol. The largest absolute Gasteiger partial charge is 0.399 e. The Labute approximate surface area is 90.7 Å². The molecule has 0 aromatic heterocycles. The van der Waals surface area contributed by atoms with Gasteiger partial charge >= 0.3 is 0 Å². The molecule has 1 amide bonds. The number of hydrogen-bond donors (Lipinski definition) is 2. The van der Waals surface area contributed by atoms with Gasteiger partial charge in [0.05, 0.1) is 0 Å². The average Bonchev–Trinajstić information content (AvgIpc) is 2.17. The number of amides is 1. The van der Waals surface area contributed by atoms with Crippen molar-refractivity contribution >= 4 is 11.6 Å². The maximum absolute atomic E-state index is 11.7. The summed E-state index contributed by atoms with van der Waals surface area (Å²) in [5.74, 6) is 0.360. The predicted octanol–water partition coefficient (Wildman–Crippen LogP) is 2.04. The molecule has 0 heterocycles. The Kier molecular flexibility index (Phi) is 3.72. The van der Waals surface area contributed by atoms with Crippen molar-refractivity contribution in [3.05, 3.63) is 29.8 Å². The summed E-state index contributed by atoms with van der Waals surface area (Å²) in [4.78, 5) is 11.7. The summed E-state index contributed by atoms with van der Waals surface area (Å²) in [6.07, 6.45) is 0. The first-order valence-electron chi connectivity index (χ1n) is 5.17. The average molecular weight is 206 g/mol. The van der Waals surface area contributed by atoms with Crippen LogP contribution in [0, 0.1) is 5.92 Å². The highest BCUT2D eigenvalue weighted by molar-refractivity contribution is 5.95. The maximum atomic E-state index is 11.7. The van der Waals surface area contributed by atoms with Crippen LogP contribution in [0.3, 0.4) is 0 Å². The minimum Gasteiger partial charge on any atom is -0.399 e. The molecule has 0 radical (unpaired) electrons. The molecule has 1 aromatic carbocycles. The summed E-state index contributed by atoms with van der Waals surface area (Å²) in [7, 11) is 0. The molecule has 0 aliphatic rings. The number of nitrogens with one attached hydrogen (secondary N) is 1. The molecule has 0 saturated carbocycles. The van der Waals surface area contributed by atoms with Crippen LogP contribution < -0.4 is 11.1 Å². The van der Waals surface area contributed by atoms with Gasteiger partial charge in [-0.1, -0.05) is 19.9 Å². The van der Waals surface area contributed by atoms with Crippen molar-refractivity contribution in [2.24, 2.45) is 5.92 Å². The third-order valence-corrected chi connectivity index (χ3v) is 2.51. The van der Waals surface area contributed by atoms with Crippen LogP contribution >= 0.6 is 0 Å². The lowest BCUT2D eigenvalue weighted by atomic mass is 10.1. The van der Waals surface area contributed by atoms with E-state index in [2.05, 4.69) is 19.2 Å². The molecule has 0 bridgehead atoms. The summed E-state index contributed by atoms with van der Waals surface area (Å²) in [6.45, 7) is 6.14. The number of hydrogen-bond acceptors (Lipinski definition) is 2. The molecule has 1 atom stereocenters. The summed E-state index contributed by atoms with van der Waals surface area (Å²) < 4.78 is 0. The van der Waals surface area contributed by atoms with Gasteiger partial charge in [-0.05, 0) is 31.0 Å². The molecule has 3 heteroatoms. The molecular formula is C12H18N2O. The Balaban J connectivity index is 2.69. The van der Waals surface area contributed by atoms with Crippen LogP contribution in [0.25, 0.3) is 0 Å².